The van der Waals surface area contributed by atoms with Gasteiger partial charge in [0.25, 0.3) is 0 Å². The van der Waals surface area contributed by atoms with Gasteiger partial charge in [-0.2, -0.15) is 0 Å². The van der Waals surface area contributed by atoms with E-state index in [1.54, 1.807) is 26.1 Å². The van der Waals surface area contributed by atoms with Crippen molar-refractivity contribution in [3.8, 4) is 0 Å². The van der Waals surface area contributed by atoms with Crippen molar-refractivity contribution in [2.24, 2.45) is 7.05 Å². The lowest BCUT2D eigenvalue weighted by molar-refractivity contribution is 0.198. The van der Waals surface area contributed by atoms with Crippen LogP contribution in [-0.4, -0.2) is 19.9 Å². The summed E-state index contributed by atoms with van der Waals surface area (Å²) in [6, 6.07) is 4.47. The van der Waals surface area contributed by atoms with E-state index in [1.165, 1.54) is 10.6 Å². The van der Waals surface area contributed by atoms with Gasteiger partial charge >= 0.3 is 5.69 Å². The van der Waals surface area contributed by atoms with Gasteiger partial charge in [0.2, 0.25) is 0 Å². The van der Waals surface area contributed by atoms with Crippen LogP contribution in [0.3, 0.4) is 0 Å². The standard InChI is InChI=1S/C11H12FN3O2S/c1-6(16)7-3-4-9(8(12)5-7)18-11-14-13-10(17)15(11)2/h3-6,16H,1-2H3,(H,13,17)/t6-/m0/s1. The number of hydrogen-bond donors (Lipinski definition) is 2. The molecule has 0 saturated carbocycles. The van der Waals surface area contributed by atoms with Gasteiger partial charge in [0.15, 0.2) is 5.16 Å². The second-order valence-corrected chi connectivity index (χ2v) is 4.85. The number of rotatable bonds is 3. The zero-order valence-corrected chi connectivity index (χ0v) is 10.7. The third kappa shape index (κ3) is 2.46. The van der Waals surface area contributed by atoms with Crippen LogP contribution in [0.1, 0.15) is 18.6 Å². The van der Waals surface area contributed by atoms with Crippen molar-refractivity contribution in [3.63, 3.8) is 0 Å². The lowest BCUT2D eigenvalue weighted by Gasteiger charge is -2.07. The second-order valence-electron chi connectivity index (χ2n) is 3.84. The van der Waals surface area contributed by atoms with Crippen LogP contribution in [0.15, 0.2) is 33.0 Å². The monoisotopic (exact) mass is 269 g/mol. The number of nitrogens with zero attached hydrogens (tertiary/aromatic N) is 2. The van der Waals surface area contributed by atoms with Crippen LogP contribution in [-0.2, 0) is 7.05 Å². The molecule has 0 saturated heterocycles. The molecule has 0 amide bonds. The molecule has 0 aliphatic carbocycles. The normalized spacial score (nSPS) is 12.7. The van der Waals surface area contributed by atoms with Crippen molar-refractivity contribution in [2.75, 3.05) is 0 Å². The third-order valence-corrected chi connectivity index (χ3v) is 3.58. The maximum absolute atomic E-state index is 13.8. The highest BCUT2D eigenvalue weighted by molar-refractivity contribution is 7.99. The van der Waals surface area contributed by atoms with E-state index in [1.807, 2.05) is 0 Å². The molecule has 0 spiro atoms. The number of hydrogen-bond acceptors (Lipinski definition) is 4. The van der Waals surface area contributed by atoms with Crippen LogP contribution in [0, 0.1) is 5.82 Å². The molecule has 1 aromatic carbocycles. The number of benzene rings is 1. The Morgan fingerprint density at radius 3 is 2.78 bits per heavy atom. The maximum Gasteiger partial charge on any atom is 0.343 e. The number of aliphatic hydroxyl groups is 1. The fraction of sp³-hybridized carbons (Fsp3) is 0.273. The smallest absolute Gasteiger partial charge is 0.343 e. The van der Waals surface area contributed by atoms with Crippen LogP contribution in [0.4, 0.5) is 4.39 Å². The highest BCUT2D eigenvalue weighted by atomic mass is 32.2. The van der Waals surface area contributed by atoms with E-state index in [0.29, 0.717) is 15.6 Å². The molecule has 5 nitrogen and oxygen atoms in total. The molecule has 0 aliphatic rings. The highest BCUT2D eigenvalue weighted by Crippen LogP contribution is 2.28. The fourth-order valence-corrected chi connectivity index (χ4v) is 2.18. The van der Waals surface area contributed by atoms with E-state index in [4.69, 9.17) is 0 Å². The summed E-state index contributed by atoms with van der Waals surface area (Å²) in [5, 5.41) is 15.8. The summed E-state index contributed by atoms with van der Waals surface area (Å²) < 4.78 is 15.1. The first-order valence-corrected chi connectivity index (χ1v) is 6.07. The van der Waals surface area contributed by atoms with Gasteiger partial charge in [0.1, 0.15) is 5.82 Å². The molecule has 0 fully saturated rings. The minimum absolute atomic E-state index is 0.349. The van der Waals surface area contributed by atoms with Crippen molar-refractivity contribution in [1.29, 1.82) is 0 Å². The number of aromatic amines is 1. The molecular weight excluding hydrogens is 257 g/mol. The Hall–Kier alpha value is -1.60. The summed E-state index contributed by atoms with van der Waals surface area (Å²) in [7, 11) is 1.55. The quantitative estimate of drug-likeness (QED) is 0.884. The molecule has 18 heavy (non-hydrogen) atoms. The molecule has 1 aromatic heterocycles. The minimum atomic E-state index is -0.715. The summed E-state index contributed by atoms with van der Waals surface area (Å²) >= 11 is 1.05. The van der Waals surface area contributed by atoms with E-state index in [2.05, 4.69) is 10.2 Å². The number of H-pyrrole nitrogens is 1. The van der Waals surface area contributed by atoms with Gasteiger partial charge in [-0.1, -0.05) is 6.07 Å². The van der Waals surface area contributed by atoms with Crippen LogP contribution in [0.5, 0.6) is 0 Å². The molecule has 0 bridgehead atoms. The average Bonchev–Trinajstić information content (AvgIpc) is 2.63. The molecule has 0 aliphatic heterocycles. The van der Waals surface area contributed by atoms with E-state index in [0.717, 1.165) is 11.8 Å². The lowest BCUT2D eigenvalue weighted by Crippen LogP contribution is -2.12. The average molecular weight is 269 g/mol. The maximum atomic E-state index is 13.8. The Balaban J connectivity index is 2.30. The van der Waals surface area contributed by atoms with Crippen LogP contribution in [0.25, 0.3) is 0 Å². The van der Waals surface area contributed by atoms with Gasteiger partial charge in [0, 0.05) is 7.05 Å². The molecule has 7 heteroatoms. The Kier molecular flexibility index (Phi) is 3.53. The Morgan fingerprint density at radius 2 is 2.28 bits per heavy atom. The van der Waals surface area contributed by atoms with Gasteiger partial charge in [-0.3, -0.25) is 4.57 Å². The van der Waals surface area contributed by atoms with E-state index < -0.39 is 11.9 Å². The molecule has 0 radical (unpaired) electrons. The number of halogens is 1. The largest absolute Gasteiger partial charge is 0.389 e. The Morgan fingerprint density at radius 1 is 1.56 bits per heavy atom. The topological polar surface area (TPSA) is 70.9 Å². The van der Waals surface area contributed by atoms with Crippen LogP contribution >= 0.6 is 11.8 Å². The zero-order chi connectivity index (χ0) is 13.3. The Labute approximate surface area is 107 Å². The zero-order valence-electron chi connectivity index (χ0n) is 9.85. The number of nitrogens with one attached hydrogen (secondary N) is 1. The summed E-state index contributed by atoms with van der Waals surface area (Å²) in [5.74, 6) is -0.450. The van der Waals surface area contributed by atoms with Crippen LogP contribution in [0.2, 0.25) is 0 Å². The minimum Gasteiger partial charge on any atom is -0.389 e. The highest BCUT2D eigenvalue weighted by Gasteiger charge is 2.11. The van der Waals surface area contributed by atoms with E-state index in [9.17, 15) is 14.3 Å². The van der Waals surface area contributed by atoms with Crippen molar-refractivity contribution in [2.45, 2.75) is 23.1 Å². The Bertz CT molecular complexity index is 621. The number of aromatic nitrogens is 3. The van der Waals surface area contributed by atoms with Crippen LogP contribution < -0.4 is 5.69 Å². The fourth-order valence-electron chi connectivity index (χ4n) is 1.38. The van der Waals surface area contributed by atoms with E-state index >= 15 is 0 Å². The summed E-state index contributed by atoms with van der Waals surface area (Å²) in [6.45, 7) is 1.57. The van der Waals surface area contributed by atoms with Gasteiger partial charge in [-0.25, -0.2) is 14.3 Å². The molecule has 2 N–H and O–H groups in total. The summed E-state index contributed by atoms with van der Waals surface area (Å²) in [5.41, 5.74) is 0.159. The van der Waals surface area contributed by atoms with Gasteiger partial charge in [0.05, 0.1) is 11.0 Å². The first-order valence-electron chi connectivity index (χ1n) is 5.26. The molecule has 2 aromatic rings. The molecular formula is C11H12FN3O2S. The molecule has 96 valence electrons. The summed E-state index contributed by atoms with van der Waals surface area (Å²) in [6.07, 6.45) is -0.715. The third-order valence-electron chi connectivity index (χ3n) is 2.48. The van der Waals surface area contributed by atoms with Gasteiger partial charge in [-0.05, 0) is 36.4 Å². The van der Waals surface area contributed by atoms with Gasteiger partial charge in [-0.15, -0.1) is 5.10 Å². The molecule has 1 heterocycles. The molecule has 0 unspecified atom stereocenters. The molecule has 2 rings (SSSR count). The number of aliphatic hydroxyl groups excluding tert-OH is 1. The molecule has 1 atom stereocenters. The van der Waals surface area contributed by atoms with Gasteiger partial charge < -0.3 is 5.11 Å². The predicted molar refractivity (Wildman–Crippen MR) is 65.0 cm³/mol. The lowest BCUT2D eigenvalue weighted by atomic mass is 10.1. The van der Waals surface area contributed by atoms with Crippen molar-refractivity contribution in [1.82, 2.24) is 14.8 Å². The first kappa shape index (κ1) is 12.8. The second kappa shape index (κ2) is 4.95. The SMILES string of the molecule is C[C@H](O)c1ccc(Sc2n[nH]c(=O)n2C)c(F)c1. The van der Waals surface area contributed by atoms with Crippen molar-refractivity contribution < 1.29 is 9.50 Å². The van der Waals surface area contributed by atoms with E-state index in [-0.39, 0.29) is 5.69 Å². The van der Waals surface area contributed by atoms with Crippen molar-refractivity contribution >= 4 is 11.8 Å². The van der Waals surface area contributed by atoms with Crippen molar-refractivity contribution in [3.05, 3.63) is 40.1 Å². The first-order chi connectivity index (χ1) is 8.49. The summed E-state index contributed by atoms with van der Waals surface area (Å²) in [4.78, 5) is 11.5. The predicted octanol–water partition coefficient (Wildman–Crippen LogP) is 1.45.